The second-order valence-corrected chi connectivity index (χ2v) is 19.5. The van der Waals surface area contributed by atoms with E-state index < -0.39 is 41.4 Å². The van der Waals surface area contributed by atoms with E-state index >= 15 is 0 Å². The number of aromatic nitrogens is 10. The summed E-state index contributed by atoms with van der Waals surface area (Å²) in [6, 6.07) is 1.94. The highest BCUT2D eigenvalue weighted by Crippen LogP contribution is 2.35. The zero-order valence-electron chi connectivity index (χ0n) is 39.7. The van der Waals surface area contributed by atoms with E-state index in [2.05, 4.69) is 25.7 Å². The third-order valence-electron chi connectivity index (χ3n) is 11.3. The number of nitrogens with zero attached hydrogens (tertiary/aromatic N) is 12. The first kappa shape index (κ1) is 47.7. The third-order valence-corrected chi connectivity index (χ3v) is 11.3. The molecule has 22 nitrogen and oxygen atoms in total. The normalized spacial score (nSPS) is 19.0. The number of fused-ring (bicyclic) bond motifs is 2. The SMILES string of the molecule is CC(C)NC(=O)[C@@H]1CC[C@H](c2cc(N)n3ncc(-c4cnn(C)c4)c3n2)CN1C(=O)OC(C)(C)C.Cn1cc(-c2cnn3c(N)cc([C@H]4CC[C@@H](C(=O)O)N(C(=O)OC(C)(C)C)C4)nc23)cn1. The van der Waals surface area contributed by atoms with E-state index in [-0.39, 0.29) is 30.3 Å². The fourth-order valence-corrected chi connectivity index (χ4v) is 8.34. The zero-order chi connectivity index (χ0) is 48.7. The Kier molecular flexibility index (Phi) is 13.2. The van der Waals surface area contributed by atoms with Crippen LogP contribution in [-0.4, -0.2) is 130 Å². The van der Waals surface area contributed by atoms with Gasteiger partial charge in [0.25, 0.3) is 0 Å². The van der Waals surface area contributed by atoms with Gasteiger partial charge >= 0.3 is 18.2 Å². The van der Waals surface area contributed by atoms with Gasteiger partial charge in [0.2, 0.25) is 5.91 Å². The Morgan fingerprint density at radius 3 is 1.46 bits per heavy atom. The van der Waals surface area contributed by atoms with Crippen molar-refractivity contribution in [2.45, 2.75) is 122 Å². The monoisotopic (exact) mass is 923 g/mol. The number of anilines is 2. The van der Waals surface area contributed by atoms with Crippen molar-refractivity contribution in [3.8, 4) is 22.3 Å². The molecular weight excluding hydrogens is 863 g/mol. The average Bonchev–Trinajstić information content (AvgIpc) is 4.06. The van der Waals surface area contributed by atoms with Crippen LogP contribution in [0.3, 0.4) is 0 Å². The molecule has 22 heteroatoms. The predicted molar refractivity (Wildman–Crippen MR) is 248 cm³/mol. The summed E-state index contributed by atoms with van der Waals surface area (Å²) in [6.07, 6.45) is 11.5. The van der Waals surface area contributed by atoms with E-state index in [1.165, 1.54) is 9.80 Å². The van der Waals surface area contributed by atoms with Crippen molar-refractivity contribution in [2.24, 2.45) is 14.1 Å². The predicted octanol–water partition coefficient (Wildman–Crippen LogP) is 5.00. The highest BCUT2D eigenvalue weighted by molar-refractivity contribution is 5.86. The van der Waals surface area contributed by atoms with Crippen molar-refractivity contribution < 1.29 is 33.8 Å². The second-order valence-electron chi connectivity index (χ2n) is 19.5. The van der Waals surface area contributed by atoms with Crippen LogP contribution in [0.1, 0.15) is 104 Å². The maximum Gasteiger partial charge on any atom is 0.411 e. The van der Waals surface area contributed by atoms with Crippen molar-refractivity contribution in [3.63, 3.8) is 0 Å². The molecule has 6 N–H and O–H groups in total. The van der Waals surface area contributed by atoms with Gasteiger partial charge in [-0.25, -0.2) is 24.4 Å². The minimum atomic E-state index is -1.05. The van der Waals surface area contributed by atoms with Crippen molar-refractivity contribution in [1.29, 1.82) is 0 Å². The molecule has 67 heavy (non-hydrogen) atoms. The molecule has 6 aromatic rings. The molecule has 0 spiro atoms. The van der Waals surface area contributed by atoms with Crippen LogP contribution in [0.25, 0.3) is 33.5 Å². The zero-order valence-corrected chi connectivity index (χ0v) is 39.7. The number of rotatable bonds is 7. The molecule has 8 heterocycles. The van der Waals surface area contributed by atoms with Gasteiger partial charge in [0.1, 0.15) is 34.9 Å². The topological polar surface area (TPSA) is 274 Å². The summed E-state index contributed by atoms with van der Waals surface area (Å²) in [7, 11) is 3.68. The average molecular weight is 924 g/mol. The van der Waals surface area contributed by atoms with Gasteiger partial charge in [-0.15, -0.1) is 0 Å². The molecule has 2 fully saturated rings. The van der Waals surface area contributed by atoms with Gasteiger partial charge < -0.3 is 31.4 Å². The van der Waals surface area contributed by atoms with E-state index in [0.717, 1.165) is 27.9 Å². The number of likely N-dealkylation sites (tertiary alicyclic amines) is 2. The largest absolute Gasteiger partial charge is 0.480 e. The quantitative estimate of drug-likeness (QED) is 0.164. The summed E-state index contributed by atoms with van der Waals surface area (Å²) >= 11 is 0. The Balaban J connectivity index is 0.000000200. The number of carboxylic acid groups (broad SMARTS) is 1. The number of nitrogen functional groups attached to an aromatic ring is 2. The Hall–Kier alpha value is -7.26. The van der Waals surface area contributed by atoms with Gasteiger partial charge in [-0.1, -0.05) is 0 Å². The molecule has 8 rings (SSSR count). The van der Waals surface area contributed by atoms with Gasteiger partial charge in [0, 0.05) is 91.8 Å². The number of carbonyl (C=O) groups excluding carboxylic acids is 3. The molecule has 2 aliphatic heterocycles. The smallest absolute Gasteiger partial charge is 0.411 e. The number of aryl methyl sites for hydroxylation is 2. The molecular formula is C45H61N15O7. The number of piperidine rings is 2. The van der Waals surface area contributed by atoms with E-state index in [1.807, 2.05) is 61.1 Å². The summed E-state index contributed by atoms with van der Waals surface area (Å²) in [5.41, 5.74) is 17.2. The first-order chi connectivity index (χ1) is 31.5. The first-order valence-electron chi connectivity index (χ1n) is 22.2. The first-order valence-corrected chi connectivity index (χ1v) is 22.2. The minimum Gasteiger partial charge on any atom is -0.480 e. The lowest BCUT2D eigenvalue weighted by molar-refractivity contribution is -0.144. The molecule has 0 radical (unpaired) electrons. The van der Waals surface area contributed by atoms with Crippen molar-refractivity contribution >= 4 is 47.0 Å². The van der Waals surface area contributed by atoms with Crippen molar-refractivity contribution in [2.75, 3.05) is 24.6 Å². The lowest BCUT2D eigenvalue weighted by atomic mass is 9.89. The maximum absolute atomic E-state index is 13.1. The lowest BCUT2D eigenvalue weighted by Gasteiger charge is -2.39. The van der Waals surface area contributed by atoms with E-state index in [1.54, 1.807) is 76.1 Å². The molecule has 0 bridgehead atoms. The summed E-state index contributed by atoms with van der Waals surface area (Å²) in [4.78, 5) is 63.1. The van der Waals surface area contributed by atoms with Crippen molar-refractivity contribution in [1.82, 2.24) is 63.9 Å². The van der Waals surface area contributed by atoms with Crippen LogP contribution in [-0.2, 0) is 33.2 Å². The number of amides is 3. The van der Waals surface area contributed by atoms with Crippen LogP contribution < -0.4 is 16.8 Å². The number of hydrogen-bond donors (Lipinski definition) is 4. The standard InChI is InChI=1S/C24H34N8O3.C21H27N7O4/c1-14(2)28-22(33)19-8-7-15(13-31(19)23(34)35-24(3,4)5)18-9-20(25)32-21(29-18)17(11-27-32)16-10-26-30(6)12-16;1-21(2,3)32-20(31)27-11-12(5-6-16(27)19(29)30)15-7-17(22)28-18(25-15)14(9-24-28)13-8-23-26(4)10-13/h9-12,14-15,19H,7-8,13,25H2,1-6H3,(H,28,33);7-10,12,16H,5-6,11,22H2,1-4H3,(H,29,30)/t15-,19-;12-,16-/m00/s1. The molecule has 0 aliphatic carbocycles. The number of hydrogen-bond acceptors (Lipinski definition) is 14. The number of aliphatic carboxylic acids is 1. The number of nitrogens with one attached hydrogen (secondary N) is 1. The van der Waals surface area contributed by atoms with E-state index in [4.69, 9.17) is 30.9 Å². The summed E-state index contributed by atoms with van der Waals surface area (Å²) in [5, 5.41) is 29.7. The lowest BCUT2D eigenvalue weighted by Crippen LogP contribution is -2.55. The van der Waals surface area contributed by atoms with Crippen LogP contribution >= 0.6 is 0 Å². The molecule has 4 atom stereocenters. The number of carboxylic acids is 1. The summed E-state index contributed by atoms with van der Waals surface area (Å²) in [5.74, 6) is -0.682. The van der Waals surface area contributed by atoms with Crippen molar-refractivity contribution in [3.05, 3.63) is 60.7 Å². The van der Waals surface area contributed by atoms with Gasteiger partial charge in [-0.3, -0.25) is 24.0 Å². The molecule has 0 unspecified atom stereocenters. The van der Waals surface area contributed by atoms with Gasteiger partial charge in [-0.2, -0.15) is 29.4 Å². The fraction of sp³-hybridized carbons (Fsp3) is 0.511. The van der Waals surface area contributed by atoms with Crippen LogP contribution in [0.15, 0.2) is 49.3 Å². The summed E-state index contributed by atoms with van der Waals surface area (Å²) < 4.78 is 17.7. The second kappa shape index (κ2) is 18.6. The number of nitrogens with two attached hydrogens (primary N) is 2. The van der Waals surface area contributed by atoms with Crippen LogP contribution in [0.5, 0.6) is 0 Å². The van der Waals surface area contributed by atoms with Crippen LogP contribution in [0.2, 0.25) is 0 Å². The van der Waals surface area contributed by atoms with Gasteiger partial charge in [-0.05, 0) is 81.1 Å². The van der Waals surface area contributed by atoms with Gasteiger partial charge in [0.05, 0.1) is 36.2 Å². The Morgan fingerprint density at radius 1 is 0.672 bits per heavy atom. The third kappa shape index (κ3) is 10.7. The van der Waals surface area contributed by atoms with E-state index in [0.29, 0.717) is 60.9 Å². The molecule has 6 aromatic heterocycles. The molecule has 2 saturated heterocycles. The highest BCUT2D eigenvalue weighted by atomic mass is 16.6. The molecule has 0 saturated carbocycles. The Labute approximate surface area is 387 Å². The molecule has 3 amide bonds. The minimum absolute atomic E-state index is 0.0302. The van der Waals surface area contributed by atoms with Crippen LogP contribution in [0.4, 0.5) is 21.2 Å². The summed E-state index contributed by atoms with van der Waals surface area (Å²) in [6.45, 7) is 14.9. The number of carbonyl (C=O) groups is 4. The fourth-order valence-electron chi connectivity index (χ4n) is 8.34. The molecule has 358 valence electrons. The highest BCUT2D eigenvalue weighted by Gasteiger charge is 2.41. The van der Waals surface area contributed by atoms with E-state index in [9.17, 15) is 24.3 Å². The Bertz CT molecular complexity index is 2790. The van der Waals surface area contributed by atoms with Crippen LogP contribution in [0, 0.1) is 0 Å². The van der Waals surface area contributed by atoms with Gasteiger partial charge in [0.15, 0.2) is 11.3 Å². The maximum atomic E-state index is 13.1. The Morgan fingerprint density at radius 2 is 1.09 bits per heavy atom. The number of ether oxygens (including phenoxy) is 2. The molecule has 2 aliphatic rings. The molecule has 0 aromatic carbocycles.